The quantitative estimate of drug-likeness (QED) is 0.531. The fourth-order valence-electron chi connectivity index (χ4n) is 1.95. The minimum absolute atomic E-state index is 0.206. The van der Waals surface area contributed by atoms with Gasteiger partial charge in [-0.05, 0) is 39.5 Å². The third-order valence-corrected chi connectivity index (χ3v) is 2.74. The van der Waals surface area contributed by atoms with Gasteiger partial charge in [0.1, 0.15) is 0 Å². The van der Waals surface area contributed by atoms with Crippen molar-refractivity contribution in [3.05, 3.63) is 12.3 Å². The highest BCUT2D eigenvalue weighted by molar-refractivity contribution is 5.79. The Hall–Kier alpha value is -0.990. The summed E-state index contributed by atoms with van der Waals surface area (Å²) in [5, 5.41) is 0. The van der Waals surface area contributed by atoms with E-state index in [2.05, 4.69) is 0 Å². The van der Waals surface area contributed by atoms with Crippen LogP contribution in [0.5, 0.6) is 0 Å². The Labute approximate surface area is 91.4 Å². The average molecular weight is 212 g/mol. The fraction of sp³-hybridized carbons (Fsp3) is 0.750. The van der Waals surface area contributed by atoms with E-state index in [1.54, 1.807) is 12.3 Å². The van der Waals surface area contributed by atoms with Crippen LogP contribution in [0, 0.1) is 0 Å². The highest BCUT2D eigenvalue weighted by Gasteiger charge is 2.42. The van der Waals surface area contributed by atoms with Gasteiger partial charge in [-0.1, -0.05) is 12.5 Å². The van der Waals surface area contributed by atoms with Gasteiger partial charge in [0, 0.05) is 0 Å². The van der Waals surface area contributed by atoms with E-state index in [9.17, 15) is 4.79 Å². The molecule has 0 saturated heterocycles. The molecular formula is C12H20O3. The molecule has 0 aromatic rings. The van der Waals surface area contributed by atoms with E-state index in [4.69, 9.17) is 9.47 Å². The number of hydrogen-bond acceptors (Lipinski definition) is 3. The number of rotatable bonds is 4. The topological polar surface area (TPSA) is 35.5 Å². The Morgan fingerprint density at radius 2 is 2.00 bits per heavy atom. The first-order chi connectivity index (χ1) is 7.25. The number of esters is 1. The van der Waals surface area contributed by atoms with Gasteiger partial charge in [0.15, 0.2) is 0 Å². The maximum atomic E-state index is 11.8. The second-order valence-corrected chi connectivity index (χ2v) is 3.86. The van der Waals surface area contributed by atoms with Crippen LogP contribution in [0.1, 0.15) is 46.0 Å². The molecule has 0 bridgehead atoms. The van der Waals surface area contributed by atoms with Crippen LogP contribution in [0.3, 0.4) is 0 Å². The summed E-state index contributed by atoms with van der Waals surface area (Å²) in [4.78, 5) is 11.8. The van der Waals surface area contributed by atoms with Crippen molar-refractivity contribution in [1.29, 1.82) is 0 Å². The predicted octanol–water partition coefficient (Wildman–Crippen LogP) is 2.80. The van der Waals surface area contributed by atoms with E-state index in [0.29, 0.717) is 6.61 Å². The number of carbonyl (C=O) groups is 1. The minimum Gasteiger partial charge on any atom is -0.484 e. The molecule has 0 N–H and O–H groups in total. The smallest absolute Gasteiger partial charge is 0.350 e. The number of hydrogen-bond donors (Lipinski definition) is 0. The van der Waals surface area contributed by atoms with E-state index in [1.165, 1.54) is 6.42 Å². The first-order valence-electron chi connectivity index (χ1n) is 5.71. The zero-order valence-electron chi connectivity index (χ0n) is 9.62. The Bertz CT molecular complexity index is 227. The van der Waals surface area contributed by atoms with Crippen molar-refractivity contribution in [2.45, 2.75) is 51.6 Å². The third kappa shape index (κ3) is 2.98. The molecule has 0 spiro atoms. The van der Waals surface area contributed by atoms with Crippen LogP contribution in [0.4, 0.5) is 0 Å². The molecule has 0 amide bonds. The third-order valence-electron chi connectivity index (χ3n) is 2.74. The number of ether oxygens (including phenoxy) is 2. The van der Waals surface area contributed by atoms with Crippen LogP contribution in [-0.4, -0.2) is 18.2 Å². The molecule has 0 atom stereocenters. The highest BCUT2D eigenvalue weighted by Crippen LogP contribution is 2.33. The van der Waals surface area contributed by atoms with Crippen molar-refractivity contribution >= 4 is 5.97 Å². The lowest BCUT2D eigenvalue weighted by atomic mass is 9.84. The van der Waals surface area contributed by atoms with Gasteiger partial charge < -0.3 is 9.47 Å². The van der Waals surface area contributed by atoms with Crippen LogP contribution in [0.2, 0.25) is 0 Å². The van der Waals surface area contributed by atoms with E-state index < -0.39 is 5.60 Å². The molecule has 0 aliphatic heterocycles. The molecule has 1 fully saturated rings. The fourth-order valence-corrected chi connectivity index (χ4v) is 1.95. The molecular weight excluding hydrogens is 192 g/mol. The molecule has 1 saturated carbocycles. The molecule has 3 heteroatoms. The molecule has 15 heavy (non-hydrogen) atoms. The van der Waals surface area contributed by atoms with E-state index >= 15 is 0 Å². The zero-order valence-corrected chi connectivity index (χ0v) is 9.62. The standard InChI is InChI=1S/C12H20O3/c1-3-10-15-12(11(13)14-4-2)8-6-5-7-9-12/h3,10H,4-9H2,1-2H3. The SMILES string of the molecule is CC=COC1(C(=O)OCC)CCCCC1. The normalized spacial score (nSPS) is 20.1. The molecule has 0 unspecified atom stereocenters. The molecule has 0 heterocycles. The van der Waals surface area contributed by atoms with Crippen molar-refractivity contribution in [2.24, 2.45) is 0 Å². The summed E-state index contributed by atoms with van der Waals surface area (Å²) >= 11 is 0. The minimum atomic E-state index is -0.708. The van der Waals surface area contributed by atoms with E-state index in [0.717, 1.165) is 25.7 Å². The first-order valence-corrected chi connectivity index (χ1v) is 5.71. The summed E-state index contributed by atoms with van der Waals surface area (Å²) < 4.78 is 10.7. The second kappa shape index (κ2) is 5.79. The van der Waals surface area contributed by atoms with Gasteiger partial charge in [-0.25, -0.2) is 4.79 Å². The van der Waals surface area contributed by atoms with Crippen molar-refractivity contribution in [1.82, 2.24) is 0 Å². The Morgan fingerprint density at radius 1 is 1.33 bits per heavy atom. The van der Waals surface area contributed by atoms with Gasteiger partial charge in [0.25, 0.3) is 0 Å². The summed E-state index contributed by atoms with van der Waals surface area (Å²) in [6.45, 7) is 4.12. The highest BCUT2D eigenvalue weighted by atomic mass is 16.6. The molecule has 0 aromatic carbocycles. The summed E-state index contributed by atoms with van der Waals surface area (Å²) in [5.74, 6) is -0.206. The molecule has 3 nitrogen and oxygen atoms in total. The van der Waals surface area contributed by atoms with Gasteiger partial charge in [-0.3, -0.25) is 0 Å². The van der Waals surface area contributed by atoms with Crippen LogP contribution in [-0.2, 0) is 14.3 Å². The van der Waals surface area contributed by atoms with Gasteiger partial charge >= 0.3 is 5.97 Å². The van der Waals surface area contributed by atoms with Crippen LogP contribution < -0.4 is 0 Å². The second-order valence-electron chi connectivity index (χ2n) is 3.86. The van der Waals surface area contributed by atoms with E-state index in [1.807, 2.05) is 13.8 Å². The molecule has 0 radical (unpaired) electrons. The average Bonchev–Trinajstić information content (AvgIpc) is 2.28. The number of carbonyl (C=O) groups excluding carboxylic acids is 1. The zero-order chi connectivity index (χ0) is 11.1. The Morgan fingerprint density at radius 3 is 2.53 bits per heavy atom. The van der Waals surface area contributed by atoms with Crippen LogP contribution in [0.15, 0.2) is 12.3 Å². The summed E-state index contributed by atoms with van der Waals surface area (Å²) in [6.07, 6.45) is 8.21. The Kier molecular flexibility index (Phi) is 4.66. The lowest BCUT2D eigenvalue weighted by Crippen LogP contribution is -2.43. The van der Waals surface area contributed by atoms with E-state index in [-0.39, 0.29) is 5.97 Å². The molecule has 0 aromatic heterocycles. The molecule has 1 rings (SSSR count). The summed E-state index contributed by atoms with van der Waals surface area (Å²) in [6, 6.07) is 0. The van der Waals surface area contributed by atoms with Crippen LogP contribution in [0.25, 0.3) is 0 Å². The van der Waals surface area contributed by atoms with Crippen molar-refractivity contribution in [3.63, 3.8) is 0 Å². The maximum absolute atomic E-state index is 11.8. The summed E-state index contributed by atoms with van der Waals surface area (Å²) in [5.41, 5.74) is -0.708. The van der Waals surface area contributed by atoms with Crippen molar-refractivity contribution in [3.8, 4) is 0 Å². The van der Waals surface area contributed by atoms with Gasteiger partial charge in [-0.15, -0.1) is 0 Å². The first kappa shape index (κ1) is 12.1. The largest absolute Gasteiger partial charge is 0.484 e. The lowest BCUT2D eigenvalue weighted by molar-refractivity contribution is -0.169. The van der Waals surface area contributed by atoms with Gasteiger partial charge in [0.2, 0.25) is 5.60 Å². The predicted molar refractivity (Wildman–Crippen MR) is 58.3 cm³/mol. The van der Waals surface area contributed by atoms with Crippen molar-refractivity contribution in [2.75, 3.05) is 6.61 Å². The lowest BCUT2D eigenvalue weighted by Gasteiger charge is -2.33. The van der Waals surface area contributed by atoms with Crippen molar-refractivity contribution < 1.29 is 14.3 Å². The van der Waals surface area contributed by atoms with Gasteiger partial charge in [-0.2, -0.15) is 0 Å². The van der Waals surface area contributed by atoms with Crippen LogP contribution >= 0.6 is 0 Å². The Balaban J connectivity index is 2.69. The maximum Gasteiger partial charge on any atom is 0.350 e. The number of allylic oxidation sites excluding steroid dienone is 1. The molecule has 1 aliphatic rings. The molecule has 86 valence electrons. The summed E-state index contributed by atoms with van der Waals surface area (Å²) in [7, 11) is 0. The molecule has 1 aliphatic carbocycles. The van der Waals surface area contributed by atoms with Gasteiger partial charge in [0.05, 0.1) is 12.9 Å². The monoisotopic (exact) mass is 212 g/mol.